The summed E-state index contributed by atoms with van der Waals surface area (Å²) in [5.41, 5.74) is 4.32. The molecule has 0 bridgehead atoms. The van der Waals surface area contributed by atoms with Crippen LogP contribution in [0.1, 0.15) is 128 Å². The van der Waals surface area contributed by atoms with Gasteiger partial charge in [-0.15, -0.1) is 12.4 Å². The topological polar surface area (TPSA) is 208 Å². The van der Waals surface area contributed by atoms with Gasteiger partial charge in [0.05, 0.1) is 60.2 Å². The summed E-state index contributed by atoms with van der Waals surface area (Å²) in [6.45, 7) is 27.1. The molecule has 0 radical (unpaired) electrons. The molecule has 0 aliphatic heterocycles. The van der Waals surface area contributed by atoms with Gasteiger partial charge in [-0.2, -0.15) is 0 Å². The van der Waals surface area contributed by atoms with E-state index in [1.165, 1.54) is 0 Å². The van der Waals surface area contributed by atoms with E-state index in [0.717, 1.165) is 62.6 Å². The number of carbonyl (C=O) groups excluding carboxylic acids is 5. The molecule has 59 heavy (non-hydrogen) atoms. The van der Waals surface area contributed by atoms with E-state index in [-0.39, 0.29) is 69.2 Å². The lowest BCUT2D eigenvalue weighted by Gasteiger charge is -2.29. The van der Waals surface area contributed by atoms with Crippen molar-refractivity contribution in [2.75, 3.05) is 88.7 Å². The van der Waals surface area contributed by atoms with E-state index in [2.05, 4.69) is 31.8 Å². The smallest absolute Gasteiger partial charge is 0.308 e. The fourth-order valence-corrected chi connectivity index (χ4v) is 3.34. The second-order valence-corrected chi connectivity index (χ2v) is 18.0. The Hall–Kier alpha value is -3.01. The molecule has 3 unspecified atom stereocenters. The highest BCUT2D eigenvalue weighted by Gasteiger charge is 2.26. The van der Waals surface area contributed by atoms with Gasteiger partial charge in [0.1, 0.15) is 6.61 Å². The summed E-state index contributed by atoms with van der Waals surface area (Å²) < 4.78 is 5.79. The lowest BCUT2D eigenvalue weighted by atomic mass is 9.89. The highest BCUT2D eigenvalue weighted by Crippen LogP contribution is 2.20. The van der Waals surface area contributed by atoms with Crippen LogP contribution in [0.5, 0.6) is 0 Å². The number of halogens is 1. The van der Waals surface area contributed by atoms with Crippen LogP contribution in [0.15, 0.2) is 0 Å². The number of carboxylic acids is 1. The average Bonchev–Trinajstić information content (AvgIpc) is 3.13. The van der Waals surface area contributed by atoms with Crippen molar-refractivity contribution in [3.8, 4) is 0 Å². The number of rotatable bonds is 21. The van der Waals surface area contributed by atoms with Gasteiger partial charge in [-0.25, -0.2) is 0 Å². The quantitative estimate of drug-likeness (QED) is 0.0676. The first kappa shape index (κ1) is 67.8. The van der Waals surface area contributed by atoms with E-state index in [9.17, 15) is 33.9 Å². The molecule has 15 nitrogen and oxygen atoms in total. The van der Waals surface area contributed by atoms with E-state index in [1.54, 1.807) is 21.0 Å². The summed E-state index contributed by atoms with van der Waals surface area (Å²) in [6.07, 6.45) is 4.62. The number of hydrogen-bond donors (Lipinski definition) is 4. The Balaban J connectivity index is -0.000000154. The van der Waals surface area contributed by atoms with Crippen LogP contribution in [0.2, 0.25) is 0 Å². The molecule has 16 heteroatoms. The molecule has 3 atom stereocenters. The van der Waals surface area contributed by atoms with Crippen LogP contribution in [-0.4, -0.2) is 143 Å². The summed E-state index contributed by atoms with van der Waals surface area (Å²) >= 11 is 0. The Kier molecular flexibility index (Phi) is 41.0. The molecule has 0 aliphatic carbocycles. The average molecular weight is 873 g/mol. The van der Waals surface area contributed by atoms with Gasteiger partial charge >= 0.3 is 11.9 Å². The van der Waals surface area contributed by atoms with Gasteiger partial charge in [-0.1, -0.05) is 83.1 Å². The minimum Gasteiger partial charge on any atom is -0.498 e. The number of esters is 1. The van der Waals surface area contributed by atoms with E-state index in [0.29, 0.717) is 26.1 Å². The number of nitrogens with one attached hydrogen (secondary N) is 2. The maximum atomic E-state index is 11.7. The number of carbonyl (C=O) groups is 6. The first-order chi connectivity index (χ1) is 26.3. The van der Waals surface area contributed by atoms with E-state index >= 15 is 0 Å². The molecule has 0 aromatic heterocycles. The number of aliphatic carboxylic acids is 1. The highest BCUT2D eigenvalue weighted by atomic mass is 35.5. The minimum absolute atomic E-state index is 0. The van der Waals surface area contributed by atoms with Crippen molar-refractivity contribution in [1.29, 1.82) is 0 Å². The fourth-order valence-electron chi connectivity index (χ4n) is 3.34. The Morgan fingerprint density at radius 1 is 0.712 bits per heavy atom. The van der Waals surface area contributed by atoms with Crippen LogP contribution < -0.4 is 21.5 Å². The molecule has 0 rings (SSSR count). The zero-order valence-electron chi connectivity index (χ0n) is 41.0. The van der Waals surface area contributed by atoms with Gasteiger partial charge in [0.2, 0.25) is 17.7 Å². The maximum Gasteiger partial charge on any atom is 0.308 e. The number of ether oxygens (including phenoxy) is 1. The van der Waals surface area contributed by atoms with Crippen LogP contribution in [0.3, 0.4) is 0 Å². The molecule has 0 heterocycles. The number of quaternary nitrogens is 2. The molecule has 5 N–H and O–H groups in total. The number of hydrogen-bond acceptors (Lipinski definition) is 9. The first-order valence-corrected chi connectivity index (χ1v) is 21.0. The summed E-state index contributed by atoms with van der Waals surface area (Å²) in [4.78, 5) is 67.3. The molecule has 0 fully saturated rings. The molecular formula is C43H92ClN6O9+. The lowest BCUT2D eigenvalue weighted by Crippen LogP contribution is -2.53. The van der Waals surface area contributed by atoms with Crippen molar-refractivity contribution in [2.45, 2.75) is 128 Å². The van der Waals surface area contributed by atoms with E-state index < -0.39 is 12.1 Å². The highest BCUT2D eigenvalue weighted by molar-refractivity contribution is 5.85. The van der Waals surface area contributed by atoms with Gasteiger partial charge in [-0.3, -0.25) is 28.5 Å². The largest absolute Gasteiger partial charge is 0.498 e. The van der Waals surface area contributed by atoms with Crippen molar-refractivity contribution in [3.63, 3.8) is 0 Å². The Labute approximate surface area is 366 Å². The molecule has 0 aliphatic rings. The first-order valence-electron chi connectivity index (χ1n) is 21.0. The lowest BCUT2D eigenvalue weighted by molar-refractivity contribution is -0.870. The number of amides is 4. The molecule has 4 amide bonds. The molecule has 0 spiro atoms. The number of primary amides is 1. The van der Waals surface area contributed by atoms with Crippen LogP contribution >= 0.6 is 12.4 Å². The molecular weight excluding hydrogens is 780 g/mol. The van der Waals surface area contributed by atoms with Crippen LogP contribution in [0.25, 0.3) is 0 Å². The van der Waals surface area contributed by atoms with Crippen molar-refractivity contribution in [2.24, 2.45) is 34.3 Å². The second-order valence-electron chi connectivity index (χ2n) is 18.0. The summed E-state index contributed by atoms with van der Waals surface area (Å²) in [7, 11) is 13.6. The Morgan fingerprint density at radius 3 is 1.32 bits per heavy atom. The zero-order chi connectivity index (χ0) is 47.1. The molecule has 0 aromatic carbocycles. The summed E-state index contributed by atoms with van der Waals surface area (Å²) in [5.74, 6) is -0.915. The van der Waals surface area contributed by atoms with Crippen molar-refractivity contribution in [3.05, 3.63) is 0 Å². The van der Waals surface area contributed by atoms with Crippen molar-refractivity contribution < 1.29 is 52.7 Å². The van der Waals surface area contributed by atoms with Gasteiger partial charge < -0.3 is 45.5 Å². The second kappa shape index (κ2) is 35.7. The SMILES string of the molecule is CCC(C)(C)C(=O)NCCC[N+](C)(C)C.CCC(C)(C)C(=O)NCCC[N+](C)(C)C(=O)[O-].CCC(C)C(=O)O.CCC(C)C(=O)OCCN(C)C.CCC(C)C(N)=O.Cl. The number of likely N-dealkylation sites (N-methyl/N-ethyl adjacent to an activating group) is 1. The third-order valence-electron chi connectivity index (χ3n) is 9.89. The molecule has 0 aromatic rings. The third kappa shape index (κ3) is 41.5. The Bertz CT molecular complexity index is 1140. The predicted octanol–water partition coefficient (Wildman–Crippen LogP) is 5.18. The standard InChI is InChI=1S/C12H24N2O3.C12H26N2O.C9H19NO2.C5H11NO.C5H10O2.ClH/c1-6-12(2,3)10(15)13-8-7-9-14(4,5)11(16)17;1-7-12(2,3)11(15)13-9-8-10-14(4,5)6;1-5-8(2)9(11)12-7-6-10(3)4;2*1-3-4(2)5(6)7;/h6-9H2,1-5H3,(H-,13,15,16,17);7-10H2,1-6H3;8H,5-7H2,1-4H3;4H,3H2,1-2H3,(H2,6,7);4H,3H2,1-2H3,(H,6,7);1H/p+1. The van der Waals surface area contributed by atoms with Crippen molar-refractivity contribution in [1.82, 2.24) is 15.5 Å². The van der Waals surface area contributed by atoms with E-state index in [1.807, 2.05) is 95.2 Å². The summed E-state index contributed by atoms with van der Waals surface area (Å²) in [5, 5.41) is 24.7. The normalized spacial score (nSPS) is 12.6. The van der Waals surface area contributed by atoms with Crippen LogP contribution in [0.4, 0.5) is 4.79 Å². The van der Waals surface area contributed by atoms with Crippen LogP contribution in [0, 0.1) is 28.6 Å². The monoisotopic (exact) mass is 872 g/mol. The van der Waals surface area contributed by atoms with Gasteiger partial charge in [0.15, 0.2) is 0 Å². The van der Waals surface area contributed by atoms with Gasteiger partial charge in [0.25, 0.3) is 6.09 Å². The van der Waals surface area contributed by atoms with Gasteiger partial charge in [0, 0.05) is 49.2 Å². The van der Waals surface area contributed by atoms with E-state index in [4.69, 9.17) is 15.6 Å². The van der Waals surface area contributed by atoms with Gasteiger partial charge in [-0.05, 0) is 46.2 Å². The molecule has 354 valence electrons. The van der Waals surface area contributed by atoms with Crippen LogP contribution in [-0.2, 0) is 28.7 Å². The Morgan fingerprint density at radius 2 is 1.08 bits per heavy atom. The number of carboxylic acid groups (broad SMARTS) is 2. The number of nitrogens with zero attached hydrogens (tertiary/aromatic N) is 3. The third-order valence-corrected chi connectivity index (χ3v) is 9.89. The minimum atomic E-state index is -1.11. The summed E-state index contributed by atoms with van der Waals surface area (Å²) in [6, 6.07) is 0. The fraction of sp³-hybridized carbons (Fsp3) is 0.860. The molecule has 0 saturated carbocycles. The van der Waals surface area contributed by atoms with Crippen molar-refractivity contribution >= 4 is 48.2 Å². The zero-order valence-corrected chi connectivity index (χ0v) is 41.8. The predicted molar refractivity (Wildman–Crippen MR) is 241 cm³/mol. The maximum absolute atomic E-state index is 11.7. The number of nitrogens with two attached hydrogens (primary N) is 1. The molecule has 0 saturated heterocycles.